The number of thiophene rings is 1. The number of nitrogens with zero attached hydrogens (tertiary/aromatic N) is 3. The molecule has 0 aromatic carbocycles. The topological polar surface area (TPSA) is 30.9 Å². The first-order valence-electron chi connectivity index (χ1n) is 7.77. The molecule has 1 aromatic rings. The normalized spacial score (nSPS) is 18.2. The Morgan fingerprint density at radius 2 is 2.00 bits per heavy atom. The van der Waals surface area contributed by atoms with Gasteiger partial charge in [0.05, 0.1) is 6.54 Å². The number of halogens is 4. The van der Waals surface area contributed by atoms with Crippen LogP contribution in [0.25, 0.3) is 0 Å². The summed E-state index contributed by atoms with van der Waals surface area (Å²) in [7, 11) is 0. The van der Waals surface area contributed by atoms with Crippen LogP contribution in [0.2, 0.25) is 0 Å². The van der Waals surface area contributed by atoms with Crippen LogP contribution in [-0.2, 0) is 6.54 Å². The summed E-state index contributed by atoms with van der Waals surface area (Å²) >= 11 is 1.63. The highest BCUT2D eigenvalue weighted by Gasteiger charge is 2.41. The average Bonchev–Trinajstić information content (AvgIpc) is 3.03. The third-order valence-corrected chi connectivity index (χ3v) is 4.69. The molecule has 1 atom stereocenters. The van der Waals surface area contributed by atoms with Gasteiger partial charge in [0.25, 0.3) is 0 Å². The number of piperazine rings is 1. The molecule has 2 rings (SSSR count). The number of hydrogen-bond donors (Lipinski definition) is 1. The molecule has 1 N–H and O–H groups in total. The maximum absolute atomic E-state index is 12.8. The van der Waals surface area contributed by atoms with Crippen molar-refractivity contribution in [2.75, 3.05) is 32.7 Å². The summed E-state index contributed by atoms with van der Waals surface area (Å²) in [5.41, 5.74) is 1.15. The van der Waals surface area contributed by atoms with Gasteiger partial charge in [-0.3, -0.25) is 4.90 Å². The van der Waals surface area contributed by atoms with E-state index in [4.69, 9.17) is 0 Å². The molecule has 0 aliphatic carbocycles. The predicted octanol–water partition coefficient (Wildman–Crippen LogP) is 3.40. The van der Waals surface area contributed by atoms with Crippen molar-refractivity contribution in [3.05, 3.63) is 22.4 Å². The fourth-order valence-electron chi connectivity index (χ4n) is 2.50. The van der Waals surface area contributed by atoms with Gasteiger partial charge in [-0.15, -0.1) is 24.0 Å². The van der Waals surface area contributed by atoms with Crippen molar-refractivity contribution in [2.45, 2.75) is 32.6 Å². The standard InChI is InChI=1S/C15H23F3N4S.HI/c1-3-19-14(20-10-13-4-9-23-11-13)22-7-5-21(6-8-22)12(2)15(16,17)18;/h4,9,11-12H,3,5-8,10H2,1-2H3,(H,19,20);1H. The Morgan fingerprint density at radius 3 is 2.50 bits per heavy atom. The quantitative estimate of drug-likeness (QED) is 0.411. The highest BCUT2D eigenvalue weighted by atomic mass is 127. The largest absolute Gasteiger partial charge is 0.403 e. The van der Waals surface area contributed by atoms with E-state index < -0.39 is 12.2 Å². The SMILES string of the molecule is CCNC(=NCc1ccsc1)N1CCN(C(C)C(F)(F)F)CC1.I. The Kier molecular flexibility index (Phi) is 8.78. The molecule has 0 saturated carbocycles. The zero-order chi connectivity index (χ0) is 16.9. The molecule has 0 amide bonds. The van der Waals surface area contributed by atoms with Crippen molar-refractivity contribution < 1.29 is 13.2 Å². The third-order valence-electron chi connectivity index (χ3n) is 3.96. The molecule has 1 aliphatic heterocycles. The van der Waals surface area contributed by atoms with Crippen LogP contribution in [0.15, 0.2) is 21.8 Å². The Hall–Kier alpha value is -0.550. The summed E-state index contributed by atoms with van der Waals surface area (Å²) in [6, 6.07) is 0.635. The first kappa shape index (κ1) is 21.5. The van der Waals surface area contributed by atoms with Crippen molar-refractivity contribution in [1.29, 1.82) is 0 Å². The van der Waals surface area contributed by atoms with Gasteiger partial charge in [0.15, 0.2) is 5.96 Å². The van der Waals surface area contributed by atoms with E-state index in [1.807, 2.05) is 23.3 Å². The van der Waals surface area contributed by atoms with Gasteiger partial charge in [0.2, 0.25) is 0 Å². The van der Waals surface area contributed by atoms with Crippen LogP contribution < -0.4 is 5.32 Å². The van der Waals surface area contributed by atoms with E-state index in [-0.39, 0.29) is 24.0 Å². The van der Waals surface area contributed by atoms with Crippen molar-refractivity contribution in [3.8, 4) is 0 Å². The van der Waals surface area contributed by atoms with E-state index in [1.165, 1.54) is 11.8 Å². The lowest BCUT2D eigenvalue weighted by atomic mass is 10.2. The van der Waals surface area contributed by atoms with Crippen LogP contribution in [-0.4, -0.2) is 60.7 Å². The Bertz CT molecular complexity index is 499. The molecule has 0 spiro atoms. The number of aliphatic imine (C=N–C) groups is 1. The molecule has 0 bridgehead atoms. The van der Waals surface area contributed by atoms with E-state index >= 15 is 0 Å². The molecular weight excluding hydrogens is 452 g/mol. The summed E-state index contributed by atoms with van der Waals surface area (Å²) in [4.78, 5) is 8.12. The minimum absolute atomic E-state index is 0. The van der Waals surface area contributed by atoms with Crippen LogP contribution in [0.5, 0.6) is 0 Å². The summed E-state index contributed by atoms with van der Waals surface area (Å²) in [5.74, 6) is 0.776. The van der Waals surface area contributed by atoms with E-state index in [0.717, 1.165) is 18.1 Å². The minimum Gasteiger partial charge on any atom is -0.357 e. The first-order valence-corrected chi connectivity index (χ1v) is 8.71. The summed E-state index contributed by atoms with van der Waals surface area (Å²) in [5, 5.41) is 7.29. The Balaban J connectivity index is 0.00000288. The first-order chi connectivity index (χ1) is 10.9. The van der Waals surface area contributed by atoms with Gasteiger partial charge in [0, 0.05) is 32.7 Å². The molecule has 9 heteroatoms. The molecular formula is C15H24F3IN4S. The lowest BCUT2D eigenvalue weighted by Gasteiger charge is -2.39. The van der Waals surface area contributed by atoms with Gasteiger partial charge in [-0.1, -0.05) is 0 Å². The Labute approximate surface area is 162 Å². The van der Waals surface area contributed by atoms with Crippen LogP contribution in [0.4, 0.5) is 13.2 Å². The summed E-state index contributed by atoms with van der Waals surface area (Å²) in [6.07, 6.45) is -4.17. The highest BCUT2D eigenvalue weighted by molar-refractivity contribution is 14.0. The van der Waals surface area contributed by atoms with E-state index in [2.05, 4.69) is 15.7 Å². The average molecular weight is 476 g/mol. The summed E-state index contributed by atoms with van der Waals surface area (Å²) in [6.45, 7) is 6.43. The van der Waals surface area contributed by atoms with Crippen LogP contribution in [0.1, 0.15) is 19.4 Å². The maximum Gasteiger partial charge on any atom is 0.403 e. The van der Waals surface area contributed by atoms with Gasteiger partial charge in [-0.05, 0) is 36.2 Å². The number of rotatable bonds is 4. The number of alkyl halides is 3. The second kappa shape index (κ2) is 9.81. The van der Waals surface area contributed by atoms with E-state index in [0.29, 0.717) is 32.7 Å². The second-order valence-corrected chi connectivity index (χ2v) is 6.32. The van der Waals surface area contributed by atoms with Crippen molar-refractivity contribution in [2.24, 2.45) is 4.99 Å². The number of hydrogen-bond acceptors (Lipinski definition) is 3. The van der Waals surface area contributed by atoms with E-state index in [9.17, 15) is 13.2 Å². The van der Waals surface area contributed by atoms with Crippen LogP contribution in [0.3, 0.4) is 0 Å². The van der Waals surface area contributed by atoms with Gasteiger partial charge >= 0.3 is 6.18 Å². The zero-order valence-electron chi connectivity index (χ0n) is 13.8. The van der Waals surface area contributed by atoms with Crippen LogP contribution >= 0.6 is 35.3 Å². The fraction of sp³-hybridized carbons (Fsp3) is 0.667. The molecule has 1 unspecified atom stereocenters. The van der Waals surface area contributed by atoms with Crippen molar-refractivity contribution >= 4 is 41.3 Å². The van der Waals surface area contributed by atoms with E-state index in [1.54, 1.807) is 11.3 Å². The molecule has 1 fully saturated rings. The van der Waals surface area contributed by atoms with Crippen molar-refractivity contribution in [1.82, 2.24) is 15.1 Å². The molecule has 2 heterocycles. The fourth-order valence-corrected chi connectivity index (χ4v) is 3.16. The van der Waals surface area contributed by atoms with Crippen molar-refractivity contribution in [3.63, 3.8) is 0 Å². The maximum atomic E-state index is 12.8. The zero-order valence-corrected chi connectivity index (χ0v) is 17.0. The number of nitrogens with one attached hydrogen (secondary N) is 1. The lowest BCUT2D eigenvalue weighted by molar-refractivity contribution is -0.181. The van der Waals surface area contributed by atoms with Crippen LogP contribution in [0, 0.1) is 0 Å². The monoisotopic (exact) mass is 476 g/mol. The third kappa shape index (κ3) is 6.07. The molecule has 1 saturated heterocycles. The smallest absolute Gasteiger partial charge is 0.357 e. The molecule has 1 aromatic heterocycles. The Morgan fingerprint density at radius 1 is 1.33 bits per heavy atom. The molecule has 138 valence electrons. The van der Waals surface area contributed by atoms with Gasteiger partial charge in [-0.2, -0.15) is 24.5 Å². The lowest BCUT2D eigenvalue weighted by Crippen LogP contribution is -2.56. The number of guanidine groups is 1. The molecule has 24 heavy (non-hydrogen) atoms. The molecule has 4 nitrogen and oxygen atoms in total. The summed E-state index contributed by atoms with van der Waals surface area (Å²) < 4.78 is 38.4. The minimum atomic E-state index is -4.17. The van der Waals surface area contributed by atoms with Gasteiger partial charge in [-0.25, -0.2) is 4.99 Å². The molecule has 1 aliphatic rings. The van der Waals surface area contributed by atoms with Gasteiger partial charge < -0.3 is 10.2 Å². The van der Waals surface area contributed by atoms with Gasteiger partial charge in [0.1, 0.15) is 6.04 Å². The highest BCUT2D eigenvalue weighted by Crippen LogP contribution is 2.25. The molecule has 0 radical (unpaired) electrons. The second-order valence-electron chi connectivity index (χ2n) is 5.54. The predicted molar refractivity (Wildman–Crippen MR) is 103 cm³/mol.